The number of rotatable bonds is 3. The second-order valence-corrected chi connectivity index (χ2v) is 5.18. The molecule has 0 amide bonds. The van der Waals surface area contributed by atoms with Crippen molar-refractivity contribution >= 4 is 18.4 Å². The number of aryl methyl sites for hydroxylation is 1. The van der Waals surface area contributed by atoms with Gasteiger partial charge >= 0.3 is 0 Å². The van der Waals surface area contributed by atoms with Gasteiger partial charge in [-0.25, -0.2) is 0 Å². The van der Waals surface area contributed by atoms with Gasteiger partial charge < -0.3 is 0 Å². The lowest BCUT2D eigenvalue weighted by Gasteiger charge is -2.04. The fraction of sp³-hybridized carbons (Fsp3) is 0.286. The fourth-order valence-electron chi connectivity index (χ4n) is 1.67. The number of hydrogen-bond donors (Lipinski definition) is 1. The molecule has 1 N–H and O–H groups in total. The molecule has 0 spiro atoms. The summed E-state index contributed by atoms with van der Waals surface area (Å²) in [6.45, 7) is 5.89. The van der Waals surface area contributed by atoms with Gasteiger partial charge in [-0.05, 0) is 36.2 Å². The van der Waals surface area contributed by atoms with Crippen molar-refractivity contribution in [2.45, 2.75) is 26.7 Å². The third kappa shape index (κ3) is 3.08. The first-order valence-corrected chi connectivity index (χ1v) is 6.72. The van der Waals surface area contributed by atoms with E-state index in [0.29, 0.717) is 11.6 Å². The molecule has 0 bridgehead atoms. The summed E-state index contributed by atoms with van der Waals surface area (Å²) in [7, 11) is 0. The molecule has 5 nitrogen and oxygen atoms in total. The number of nitrogens with one attached hydrogen (secondary N) is 1. The topological polar surface area (TPSA) is 63.0 Å². The molecule has 0 fully saturated rings. The second-order valence-electron chi connectivity index (χ2n) is 4.80. The van der Waals surface area contributed by atoms with Crippen molar-refractivity contribution in [3.63, 3.8) is 0 Å². The van der Waals surface area contributed by atoms with Crippen LogP contribution < -0.4 is 5.56 Å². The van der Waals surface area contributed by atoms with Gasteiger partial charge in [0.25, 0.3) is 5.56 Å². The monoisotopic (exact) mass is 288 g/mol. The lowest BCUT2D eigenvalue weighted by Crippen LogP contribution is -2.22. The first-order valence-electron chi connectivity index (χ1n) is 6.31. The Kier molecular flexibility index (Phi) is 4.24. The number of H-pyrrole nitrogens is 1. The van der Waals surface area contributed by atoms with Crippen LogP contribution in [0.15, 0.2) is 34.2 Å². The lowest BCUT2D eigenvalue weighted by atomic mass is 10.0. The third-order valence-corrected chi connectivity index (χ3v) is 3.20. The zero-order chi connectivity index (χ0) is 14.7. The van der Waals surface area contributed by atoms with Gasteiger partial charge in [-0.15, -0.1) is 0 Å². The molecule has 0 aliphatic carbocycles. The van der Waals surface area contributed by atoms with Crippen molar-refractivity contribution in [3.8, 4) is 0 Å². The van der Waals surface area contributed by atoms with Gasteiger partial charge in [0.15, 0.2) is 0 Å². The molecule has 104 valence electrons. The van der Waals surface area contributed by atoms with Gasteiger partial charge in [0.1, 0.15) is 5.69 Å². The van der Waals surface area contributed by atoms with E-state index < -0.39 is 0 Å². The van der Waals surface area contributed by atoms with Crippen LogP contribution in [-0.4, -0.2) is 21.1 Å². The molecule has 0 saturated heterocycles. The number of aromatic amines is 1. The Morgan fingerprint density at radius 2 is 2.00 bits per heavy atom. The Hall–Kier alpha value is -2.08. The van der Waals surface area contributed by atoms with Crippen LogP contribution in [0.3, 0.4) is 0 Å². The molecular weight excluding hydrogens is 272 g/mol. The highest BCUT2D eigenvalue weighted by molar-refractivity contribution is 7.71. The summed E-state index contributed by atoms with van der Waals surface area (Å²) in [5.41, 5.74) is 2.18. The van der Waals surface area contributed by atoms with E-state index in [1.807, 2.05) is 24.3 Å². The molecule has 0 unspecified atom stereocenters. The van der Waals surface area contributed by atoms with Crippen LogP contribution in [0.1, 0.15) is 36.6 Å². The van der Waals surface area contributed by atoms with Crippen molar-refractivity contribution in [3.05, 3.63) is 56.2 Å². The van der Waals surface area contributed by atoms with E-state index in [4.69, 9.17) is 12.2 Å². The predicted molar refractivity (Wildman–Crippen MR) is 81.9 cm³/mol. The smallest absolute Gasteiger partial charge is 0.265 e. The van der Waals surface area contributed by atoms with Gasteiger partial charge in [0, 0.05) is 0 Å². The highest BCUT2D eigenvalue weighted by atomic mass is 32.1. The fourth-order valence-corrected chi connectivity index (χ4v) is 1.84. The zero-order valence-electron chi connectivity index (χ0n) is 11.6. The Balaban J connectivity index is 2.33. The third-order valence-electron chi connectivity index (χ3n) is 2.94. The molecule has 1 aromatic heterocycles. The maximum Gasteiger partial charge on any atom is 0.296 e. The van der Waals surface area contributed by atoms with Gasteiger partial charge in [-0.1, -0.05) is 38.1 Å². The molecule has 2 aromatic rings. The summed E-state index contributed by atoms with van der Waals surface area (Å²) in [5, 5.41) is 10.5. The Labute approximate surface area is 122 Å². The summed E-state index contributed by atoms with van der Waals surface area (Å²) in [4.78, 5) is 11.9. The summed E-state index contributed by atoms with van der Waals surface area (Å²) in [5.74, 6) is 0.486. The summed E-state index contributed by atoms with van der Waals surface area (Å²) in [6.07, 6.45) is 1.61. The number of nitrogens with zero attached hydrogens (tertiary/aromatic N) is 3. The van der Waals surface area contributed by atoms with Crippen LogP contribution >= 0.6 is 12.2 Å². The molecule has 0 atom stereocenters. The second kappa shape index (κ2) is 5.92. The minimum absolute atomic E-state index is 0.177. The summed E-state index contributed by atoms with van der Waals surface area (Å²) < 4.78 is 1.31. The van der Waals surface area contributed by atoms with E-state index in [2.05, 4.69) is 29.1 Å². The predicted octanol–water partition coefficient (Wildman–Crippen LogP) is 2.61. The van der Waals surface area contributed by atoms with Crippen molar-refractivity contribution in [1.29, 1.82) is 0 Å². The van der Waals surface area contributed by atoms with Crippen molar-refractivity contribution in [2.75, 3.05) is 0 Å². The summed E-state index contributed by atoms with van der Waals surface area (Å²) >= 11 is 5.00. The van der Waals surface area contributed by atoms with Gasteiger partial charge in [0.05, 0.1) is 6.21 Å². The van der Waals surface area contributed by atoms with Crippen molar-refractivity contribution in [2.24, 2.45) is 5.10 Å². The average Bonchev–Trinajstić information content (AvgIpc) is 2.43. The molecule has 20 heavy (non-hydrogen) atoms. The zero-order valence-corrected chi connectivity index (χ0v) is 12.4. The SMILES string of the molecule is Cc1n[nH]c(=S)n(/N=C\c2ccc(C(C)C)cc2)c1=O. The van der Waals surface area contributed by atoms with Crippen LogP contribution in [0.4, 0.5) is 0 Å². The molecule has 0 aliphatic rings. The standard InChI is InChI=1S/C14H16N4OS/c1-9(2)12-6-4-11(5-7-12)8-15-18-13(19)10(3)16-17-14(18)20/h4-9H,1-3H3,(H,17,20)/b15-8-. The molecule has 1 aromatic carbocycles. The highest BCUT2D eigenvalue weighted by Gasteiger charge is 2.01. The molecule has 6 heteroatoms. The normalized spacial score (nSPS) is 11.4. The van der Waals surface area contributed by atoms with Crippen molar-refractivity contribution in [1.82, 2.24) is 14.9 Å². The quantitative estimate of drug-likeness (QED) is 0.697. The molecule has 2 rings (SSSR count). The van der Waals surface area contributed by atoms with Gasteiger partial charge in [-0.2, -0.15) is 14.9 Å². The molecular formula is C14H16N4OS. The Bertz CT molecular complexity index is 741. The molecule has 1 heterocycles. The van der Waals surface area contributed by atoms with E-state index in [9.17, 15) is 4.79 Å². The van der Waals surface area contributed by atoms with Crippen molar-refractivity contribution < 1.29 is 0 Å². The molecule has 0 saturated carbocycles. The molecule has 0 aliphatic heterocycles. The van der Waals surface area contributed by atoms with E-state index in [0.717, 1.165) is 10.2 Å². The Morgan fingerprint density at radius 1 is 1.35 bits per heavy atom. The van der Waals surface area contributed by atoms with Gasteiger partial charge in [0.2, 0.25) is 4.77 Å². The van der Waals surface area contributed by atoms with Gasteiger partial charge in [-0.3, -0.25) is 9.89 Å². The van der Waals surface area contributed by atoms with E-state index >= 15 is 0 Å². The lowest BCUT2D eigenvalue weighted by molar-refractivity contribution is 0.720. The van der Waals surface area contributed by atoms with E-state index in [1.165, 1.54) is 5.56 Å². The summed E-state index contributed by atoms with van der Waals surface area (Å²) in [6, 6.07) is 8.02. The minimum atomic E-state index is -0.316. The number of aromatic nitrogens is 3. The Morgan fingerprint density at radius 3 is 2.60 bits per heavy atom. The number of benzene rings is 1. The maximum absolute atomic E-state index is 11.9. The first kappa shape index (κ1) is 14.3. The minimum Gasteiger partial charge on any atom is -0.265 e. The number of hydrogen-bond acceptors (Lipinski definition) is 4. The van der Waals surface area contributed by atoms with E-state index in [-0.39, 0.29) is 10.3 Å². The van der Waals surface area contributed by atoms with Crippen LogP contribution in [0.5, 0.6) is 0 Å². The average molecular weight is 288 g/mol. The first-order chi connectivity index (χ1) is 9.49. The highest BCUT2D eigenvalue weighted by Crippen LogP contribution is 2.13. The van der Waals surface area contributed by atoms with E-state index in [1.54, 1.807) is 13.1 Å². The van der Waals surface area contributed by atoms with Crippen LogP contribution in [0, 0.1) is 11.7 Å². The van der Waals surface area contributed by atoms with Crippen LogP contribution in [0.25, 0.3) is 0 Å². The van der Waals surface area contributed by atoms with Crippen LogP contribution in [0.2, 0.25) is 0 Å². The van der Waals surface area contributed by atoms with Crippen LogP contribution in [-0.2, 0) is 0 Å². The largest absolute Gasteiger partial charge is 0.296 e. The molecule has 0 radical (unpaired) electrons. The maximum atomic E-state index is 11.9.